The van der Waals surface area contributed by atoms with Gasteiger partial charge in [0.15, 0.2) is 11.6 Å². The summed E-state index contributed by atoms with van der Waals surface area (Å²) in [5.74, 6) is 2.46. The summed E-state index contributed by atoms with van der Waals surface area (Å²) < 4.78 is 0. The third kappa shape index (κ3) is 5.87. The lowest BCUT2D eigenvalue weighted by Gasteiger charge is -2.37. The van der Waals surface area contributed by atoms with Gasteiger partial charge in [0.1, 0.15) is 10.8 Å². The van der Waals surface area contributed by atoms with Crippen LogP contribution in [0, 0.1) is 20.8 Å². The minimum atomic E-state index is 0.0705. The van der Waals surface area contributed by atoms with Crippen molar-refractivity contribution in [2.45, 2.75) is 72.3 Å². The van der Waals surface area contributed by atoms with E-state index < -0.39 is 0 Å². The maximum Gasteiger partial charge on any atom is 0.229 e. The third-order valence-corrected chi connectivity index (χ3v) is 7.35. The number of Topliss-reactive ketones (excluding diaryl/α,β-unsaturated/α-hetero) is 1. The molecule has 9 heteroatoms. The summed E-state index contributed by atoms with van der Waals surface area (Å²) in [4.78, 5) is 23.6. The van der Waals surface area contributed by atoms with Crippen LogP contribution in [0.1, 0.15) is 67.8 Å². The molecule has 0 aliphatic carbocycles. The molecule has 3 aromatic rings. The molecule has 0 radical (unpaired) electrons. The number of hydrogen-bond donors (Lipinski definition) is 3. The molecule has 4 rings (SSSR count). The largest absolute Gasteiger partial charge is 0.324 e. The number of ketones is 1. The minimum absolute atomic E-state index is 0.0705. The van der Waals surface area contributed by atoms with E-state index >= 15 is 0 Å². The zero-order chi connectivity index (χ0) is 25.8. The molecule has 1 aromatic carbocycles. The SMILES string of the molecule is CCC(=O)C(CC)N1CCC(c2cc(C)c(Nc3ncc(Cl)c(Nc4cc(C)[nH]n4)n3)cc2C)CC1. The maximum absolute atomic E-state index is 12.3. The van der Waals surface area contributed by atoms with E-state index in [1.807, 2.05) is 19.9 Å². The van der Waals surface area contributed by atoms with Gasteiger partial charge in [0.25, 0.3) is 0 Å². The Morgan fingerprint density at radius 3 is 2.53 bits per heavy atom. The number of nitrogens with zero attached hydrogens (tertiary/aromatic N) is 4. The first-order valence-corrected chi connectivity index (χ1v) is 13.1. The van der Waals surface area contributed by atoms with Gasteiger partial charge in [0.2, 0.25) is 5.95 Å². The molecule has 2 aromatic heterocycles. The number of hydrogen-bond acceptors (Lipinski definition) is 7. The number of aromatic nitrogens is 4. The fraction of sp³-hybridized carbons (Fsp3) is 0.481. The number of piperidine rings is 1. The van der Waals surface area contributed by atoms with Crippen molar-refractivity contribution in [3.63, 3.8) is 0 Å². The van der Waals surface area contributed by atoms with Crippen molar-refractivity contribution in [2.24, 2.45) is 0 Å². The summed E-state index contributed by atoms with van der Waals surface area (Å²) in [5.41, 5.74) is 5.69. The Morgan fingerprint density at radius 1 is 1.14 bits per heavy atom. The van der Waals surface area contributed by atoms with Crippen LogP contribution in [0.15, 0.2) is 24.4 Å². The molecule has 3 N–H and O–H groups in total. The van der Waals surface area contributed by atoms with Crippen LogP contribution < -0.4 is 10.6 Å². The van der Waals surface area contributed by atoms with Crippen molar-refractivity contribution < 1.29 is 4.79 Å². The van der Waals surface area contributed by atoms with Crippen LogP contribution in [0.2, 0.25) is 5.02 Å². The van der Waals surface area contributed by atoms with E-state index in [1.54, 1.807) is 6.20 Å². The van der Waals surface area contributed by atoms with Gasteiger partial charge in [-0.05, 0) is 81.8 Å². The molecule has 1 aliphatic rings. The highest BCUT2D eigenvalue weighted by molar-refractivity contribution is 6.32. The quantitative estimate of drug-likeness (QED) is 0.315. The average molecular weight is 510 g/mol. The number of likely N-dealkylation sites (tertiary alicyclic amines) is 1. The smallest absolute Gasteiger partial charge is 0.229 e. The van der Waals surface area contributed by atoms with Crippen molar-refractivity contribution in [1.29, 1.82) is 0 Å². The first kappa shape index (κ1) is 26.1. The zero-order valence-corrected chi connectivity index (χ0v) is 22.5. The number of benzene rings is 1. The van der Waals surface area contributed by atoms with Crippen LogP contribution >= 0.6 is 11.6 Å². The van der Waals surface area contributed by atoms with Crippen LogP contribution in [0.3, 0.4) is 0 Å². The number of nitrogens with one attached hydrogen (secondary N) is 3. The van der Waals surface area contributed by atoms with Crippen LogP contribution in [-0.4, -0.2) is 50.0 Å². The number of rotatable bonds is 9. The van der Waals surface area contributed by atoms with Crippen molar-refractivity contribution in [3.8, 4) is 0 Å². The van der Waals surface area contributed by atoms with Crippen LogP contribution in [0.4, 0.5) is 23.3 Å². The van der Waals surface area contributed by atoms with E-state index in [-0.39, 0.29) is 6.04 Å². The molecule has 3 heterocycles. The average Bonchev–Trinajstić information content (AvgIpc) is 3.28. The Hall–Kier alpha value is -2.97. The van der Waals surface area contributed by atoms with E-state index in [4.69, 9.17) is 11.6 Å². The molecule has 36 heavy (non-hydrogen) atoms. The van der Waals surface area contributed by atoms with E-state index in [0.717, 1.165) is 49.3 Å². The van der Waals surface area contributed by atoms with Gasteiger partial charge in [-0.3, -0.25) is 14.8 Å². The van der Waals surface area contributed by atoms with Crippen molar-refractivity contribution in [1.82, 2.24) is 25.1 Å². The lowest BCUT2D eigenvalue weighted by molar-refractivity contribution is -0.124. The second-order valence-electron chi connectivity index (χ2n) is 9.65. The standard InChI is InChI=1S/C27H36ClN7O/c1-6-23(24(36)7-2)35-10-8-19(9-11-35)20-12-17(4)22(13-16(20)3)30-27-29-15-21(28)26(32-27)31-25-14-18(5)33-34-25/h12-15,19,23H,6-11H2,1-5H3,(H3,29,30,31,32,33,34). The monoisotopic (exact) mass is 509 g/mol. The lowest BCUT2D eigenvalue weighted by Crippen LogP contribution is -2.44. The van der Waals surface area contributed by atoms with Gasteiger partial charge < -0.3 is 10.6 Å². The molecule has 0 spiro atoms. The Balaban J connectivity index is 1.46. The molecule has 192 valence electrons. The van der Waals surface area contributed by atoms with Crippen molar-refractivity contribution in [2.75, 3.05) is 23.7 Å². The highest BCUT2D eigenvalue weighted by Crippen LogP contribution is 2.35. The molecule has 1 saturated heterocycles. The summed E-state index contributed by atoms with van der Waals surface area (Å²) in [6.07, 6.45) is 5.23. The van der Waals surface area contributed by atoms with E-state index in [9.17, 15) is 4.79 Å². The Kier molecular flexibility index (Phi) is 8.26. The maximum atomic E-state index is 12.3. The topological polar surface area (TPSA) is 98.8 Å². The summed E-state index contributed by atoms with van der Waals surface area (Å²) in [5, 5.41) is 14.0. The number of H-pyrrole nitrogens is 1. The molecule has 1 fully saturated rings. The number of carbonyl (C=O) groups excluding carboxylic acids is 1. The number of halogens is 1. The zero-order valence-electron chi connectivity index (χ0n) is 21.8. The second-order valence-corrected chi connectivity index (χ2v) is 10.1. The first-order valence-electron chi connectivity index (χ1n) is 12.8. The van der Waals surface area contributed by atoms with E-state index in [0.29, 0.717) is 40.7 Å². The molecular weight excluding hydrogens is 474 g/mol. The molecule has 8 nitrogen and oxygen atoms in total. The van der Waals surface area contributed by atoms with Gasteiger partial charge in [0, 0.05) is 23.9 Å². The summed E-state index contributed by atoms with van der Waals surface area (Å²) in [7, 11) is 0. The fourth-order valence-electron chi connectivity index (χ4n) is 5.10. The van der Waals surface area contributed by atoms with Crippen molar-refractivity contribution in [3.05, 3.63) is 51.8 Å². The minimum Gasteiger partial charge on any atom is -0.324 e. The lowest BCUT2D eigenvalue weighted by atomic mass is 9.85. The van der Waals surface area contributed by atoms with Gasteiger partial charge in [0.05, 0.1) is 12.2 Å². The Labute approximate surface area is 218 Å². The number of aryl methyl sites for hydroxylation is 3. The highest BCUT2D eigenvalue weighted by Gasteiger charge is 2.29. The Morgan fingerprint density at radius 2 is 1.89 bits per heavy atom. The van der Waals surface area contributed by atoms with Crippen LogP contribution in [0.5, 0.6) is 0 Å². The molecule has 1 unspecified atom stereocenters. The third-order valence-electron chi connectivity index (χ3n) is 7.07. The van der Waals surface area contributed by atoms with E-state index in [2.05, 4.69) is 68.6 Å². The molecule has 0 amide bonds. The predicted molar refractivity (Wildman–Crippen MR) is 146 cm³/mol. The summed E-state index contributed by atoms with van der Waals surface area (Å²) in [6, 6.07) is 6.41. The number of anilines is 4. The summed E-state index contributed by atoms with van der Waals surface area (Å²) in [6.45, 7) is 12.2. The van der Waals surface area contributed by atoms with Gasteiger partial charge in [-0.2, -0.15) is 10.1 Å². The predicted octanol–water partition coefficient (Wildman–Crippen LogP) is 6.20. The van der Waals surface area contributed by atoms with Crippen molar-refractivity contribution >= 4 is 40.7 Å². The number of carbonyl (C=O) groups is 1. The molecule has 1 atom stereocenters. The fourth-order valence-corrected chi connectivity index (χ4v) is 5.24. The Bertz CT molecular complexity index is 1220. The first-order chi connectivity index (χ1) is 17.3. The van der Waals surface area contributed by atoms with Gasteiger partial charge in [-0.15, -0.1) is 0 Å². The van der Waals surface area contributed by atoms with Crippen LogP contribution in [0.25, 0.3) is 0 Å². The second kappa shape index (κ2) is 11.4. The molecule has 0 saturated carbocycles. The van der Waals surface area contributed by atoms with Gasteiger partial charge in [-0.1, -0.05) is 31.5 Å². The molecule has 0 bridgehead atoms. The summed E-state index contributed by atoms with van der Waals surface area (Å²) >= 11 is 6.31. The van der Waals surface area contributed by atoms with Crippen LogP contribution in [-0.2, 0) is 4.79 Å². The normalized spacial score (nSPS) is 15.6. The van der Waals surface area contributed by atoms with Gasteiger partial charge in [-0.25, -0.2) is 4.98 Å². The van der Waals surface area contributed by atoms with Gasteiger partial charge >= 0.3 is 0 Å². The number of aromatic amines is 1. The molecule has 1 aliphatic heterocycles. The highest BCUT2D eigenvalue weighted by atomic mass is 35.5. The molecular formula is C27H36ClN7O. The van der Waals surface area contributed by atoms with E-state index in [1.165, 1.54) is 11.1 Å².